The van der Waals surface area contributed by atoms with Gasteiger partial charge in [0.15, 0.2) is 11.5 Å². The van der Waals surface area contributed by atoms with Crippen molar-refractivity contribution in [3.63, 3.8) is 0 Å². The fourth-order valence-corrected chi connectivity index (χ4v) is 2.48. The summed E-state index contributed by atoms with van der Waals surface area (Å²) < 4.78 is 16.7. The highest BCUT2D eigenvalue weighted by Crippen LogP contribution is 2.30. The number of ether oxygens (including phenoxy) is 3. The summed E-state index contributed by atoms with van der Waals surface area (Å²) >= 11 is 0. The maximum Gasteiger partial charge on any atom is 0.161 e. The second-order valence-electron chi connectivity index (χ2n) is 4.84. The van der Waals surface area contributed by atoms with Crippen LogP contribution >= 0.6 is 0 Å². The molecule has 2 N–H and O–H groups in total. The van der Waals surface area contributed by atoms with Crippen molar-refractivity contribution in [3.8, 4) is 11.5 Å². The Kier molecular flexibility index (Phi) is 3.67. The van der Waals surface area contributed by atoms with Gasteiger partial charge in [-0.25, -0.2) is 0 Å². The molecule has 0 aliphatic carbocycles. The van der Waals surface area contributed by atoms with E-state index in [9.17, 15) is 0 Å². The van der Waals surface area contributed by atoms with Gasteiger partial charge in [0.1, 0.15) is 32.4 Å². The molecule has 0 saturated carbocycles. The van der Waals surface area contributed by atoms with E-state index >= 15 is 0 Å². The van der Waals surface area contributed by atoms with Gasteiger partial charge in [-0.15, -0.1) is 0 Å². The molecule has 4 heteroatoms. The molecule has 98 valence electrons. The standard InChI is InChI=1S/C14H19NO3/c1-2-12(16-5-1)10-15-9-11-3-4-13-14(8-11)18-7-6-17-13/h3-4,8,12,15H,1-2,5-7,9-10H2/p+1/t12-/m0/s1. The molecular formula is C14H20NO3+. The predicted octanol–water partition coefficient (Wildman–Crippen LogP) is 0.700. The van der Waals surface area contributed by atoms with E-state index in [4.69, 9.17) is 14.2 Å². The van der Waals surface area contributed by atoms with E-state index in [0.29, 0.717) is 19.3 Å². The zero-order valence-corrected chi connectivity index (χ0v) is 10.6. The smallest absolute Gasteiger partial charge is 0.161 e. The molecule has 18 heavy (non-hydrogen) atoms. The van der Waals surface area contributed by atoms with Gasteiger partial charge in [-0.3, -0.25) is 0 Å². The second kappa shape index (κ2) is 5.59. The van der Waals surface area contributed by atoms with Crippen LogP contribution in [0.15, 0.2) is 18.2 Å². The Bertz CT molecular complexity index is 402. The van der Waals surface area contributed by atoms with Crippen molar-refractivity contribution >= 4 is 0 Å². The number of benzene rings is 1. The van der Waals surface area contributed by atoms with Gasteiger partial charge in [-0.2, -0.15) is 0 Å². The first-order chi connectivity index (χ1) is 8.92. The SMILES string of the molecule is c1cc2c(cc1C[NH2+]C[C@@H]1CCCO1)OCCO2. The van der Waals surface area contributed by atoms with Crippen molar-refractivity contribution in [3.05, 3.63) is 23.8 Å². The third-order valence-corrected chi connectivity index (χ3v) is 3.44. The summed E-state index contributed by atoms with van der Waals surface area (Å²) in [6.07, 6.45) is 2.86. The lowest BCUT2D eigenvalue weighted by Crippen LogP contribution is -2.84. The Balaban J connectivity index is 1.52. The summed E-state index contributed by atoms with van der Waals surface area (Å²) in [5, 5.41) is 2.31. The average Bonchev–Trinajstić information content (AvgIpc) is 2.92. The average molecular weight is 250 g/mol. The van der Waals surface area contributed by atoms with E-state index in [1.165, 1.54) is 18.4 Å². The van der Waals surface area contributed by atoms with Gasteiger partial charge >= 0.3 is 0 Å². The molecule has 1 aromatic carbocycles. The molecule has 1 aromatic rings. The Morgan fingerprint density at radius 1 is 1.11 bits per heavy atom. The number of fused-ring (bicyclic) bond motifs is 1. The van der Waals surface area contributed by atoms with Gasteiger partial charge in [0.25, 0.3) is 0 Å². The summed E-state index contributed by atoms with van der Waals surface area (Å²) in [5.41, 5.74) is 1.28. The molecule has 0 unspecified atom stereocenters. The molecule has 0 bridgehead atoms. The van der Waals surface area contributed by atoms with E-state index in [1.807, 2.05) is 6.07 Å². The molecule has 0 amide bonds. The second-order valence-corrected chi connectivity index (χ2v) is 4.84. The maximum absolute atomic E-state index is 5.61. The van der Waals surface area contributed by atoms with E-state index < -0.39 is 0 Å². The highest BCUT2D eigenvalue weighted by molar-refractivity contribution is 5.43. The van der Waals surface area contributed by atoms with E-state index in [2.05, 4.69) is 17.4 Å². The Hall–Kier alpha value is -1.26. The summed E-state index contributed by atoms with van der Waals surface area (Å²) in [5.74, 6) is 1.74. The zero-order chi connectivity index (χ0) is 12.2. The summed E-state index contributed by atoms with van der Waals surface area (Å²) in [6, 6.07) is 6.20. The van der Waals surface area contributed by atoms with Crippen LogP contribution in [0.1, 0.15) is 18.4 Å². The Morgan fingerprint density at radius 2 is 2.00 bits per heavy atom. The van der Waals surface area contributed by atoms with Crippen molar-refractivity contribution in [1.29, 1.82) is 0 Å². The minimum Gasteiger partial charge on any atom is -0.486 e. The first-order valence-electron chi connectivity index (χ1n) is 6.73. The van der Waals surface area contributed by atoms with Crippen LogP contribution in [0, 0.1) is 0 Å². The number of rotatable bonds is 4. The molecule has 1 atom stereocenters. The predicted molar refractivity (Wildman–Crippen MR) is 66.9 cm³/mol. The van der Waals surface area contributed by atoms with Crippen LogP contribution in [0.3, 0.4) is 0 Å². The van der Waals surface area contributed by atoms with Gasteiger partial charge in [0.05, 0.1) is 0 Å². The first kappa shape index (κ1) is 11.8. The quantitative estimate of drug-likeness (QED) is 0.855. The number of nitrogens with two attached hydrogens (primary N) is 1. The molecule has 1 saturated heterocycles. The summed E-state index contributed by atoms with van der Waals surface area (Å²) in [4.78, 5) is 0. The lowest BCUT2D eigenvalue weighted by Gasteiger charge is -2.18. The van der Waals surface area contributed by atoms with Crippen molar-refractivity contribution in [2.75, 3.05) is 26.4 Å². The van der Waals surface area contributed by atoms with Crippen molar-refractivity contribution in [2.45, 2.75) is 25.5 Å². The fraction of sp³-hybridized carbons (Fsp3) is 0.571. The third-order valence-electron chi connectivity index (χ3n) is 3.44. The van der Waals surface area contributed by atoms with Crippen LogP contribution in [0.4, 0.5) is 0 Å². The Labute approximate surface area is 107 Å². The maximum atomic E-state index is 5.61. The normalized spacial score (nSPS) is 22.1. The lowest BCUT2D eigenvalue weighted by atomic mass is 10.2. The van der Waals surface area contributed by atoms with Crippen LogP contribution in [0.2, 0.25) is 0 Å². The van der Waals surface area contributed by atoms with Gasteiger partial charge in [-0.05, 0) is 31.0 Å². The Morgan fingerprint density at radius 3 is 2.83 bits per heavy atom. The molecule has 2 aliphatic rings. The summed E-state index contributed by atoms with van der Waals surface area (Å²) in [7, 11) is 0. The largest absolute Gasteiger partial charge is 0.486 e. The molecule has 0 aromatic heterocycles. The number of hydrogen-bond donors (Lipinski definition) is 1. The molecule has 0 spiro atoms. The van der Waals surface area contributed by atoms with Crippen LogP contribution in [-0.4, -0.2) is 32.5 Å². The summed E-state index contributed by atoms with van der Waals surface area (Å²) in [6.45, 7) is 4.25. The minimum absolute atomic E-state index is 0.446. The molecule has 0 radical (unpaired) electrons. The van der Waals surface area contributed by atoms with Crippen molar-refractivity contribution in [1.82, 2.24) is 0 Å². The molecule has 1 fully saturated rings. The van der Waals surface area contributed by atoms with E-state index in [1.54, 1.807) is 0 Å². The topological polar surface area (TPSA) is 44.3 Å². The molecule has 3 rings (SSSR count). The van der Waals surface area contributed by atoms with Gasteiger partial charge < -0.3 is 19.5 Å². The number of quaternary nitrogens is 1. The fourth-order valence-electron chi connectivity index (χ4n) is 2.48. The molecular weight excluding hydrogens is 230 g/mol. The monoisotopic (exact) mass is 250 g/mol. The van der Waals surface area contributed by atoms with Gasteiger partial charge in [0, 0.05) is 12.2 Å². The third kappa shape index (κ3) is 2.76. The van der Waals surface area contributed by atoms with Crippen LogP contribution in [0.5, 0.6) is 11.5 Å². The molecule has 2 heterocycles. The van der Waals surface area contributed by atoms with Crippen LogP contribution in [-0.2, 0) is 11.3 Å². The lowest BCUT2D eigenvalue weighted by molar-refractivity contribution is -0.676. The zero-order valence-electron chi connectivity index (χ0n) is 10.6. The van der Waals surface area contributed by atoms with Crippen LogP contribution in [0.25, 0.3) is 0 Å². The van der Waals surface area contributed by atoms with Crippen molar-refractivity contribution in [2.24, 2.45) is 0 Å². The van der Waals surface area contributed by atoms with E-state index in [0.717, 1.165) is 31.2 Å². The first-order valence-corrected chi connectivity index (χ1v) is 6.73. The molecule has 2 aliphatic heterocycles. The minimum atomic E-state index is 0.446. The van der Waals surface area contributed by atoms with Gasteiger partial charge in [0.2, 0.25) is 0 Å². The number of hydrogen-bond acceptors (Lipinski definition) is 3. The highest BCUT2D eigenvalue weighted by atomic mass is 16.6. The van der Waals surface area contributed by atoms with Crippen LogP contribution < -0.4 is 14.8 Å². The van der Waals surface area contributed by atoms with E-state index in [-0.39, 0.29) is 0 Å². The highest BCUT2D eigenvalue weighted by Gasteiger charge is 2.17. The van der Waals surface area contributed by atoms with Gasteiger partial charge in [-0.1, -0.05) is 0 Å². The molecule has 4 nitrogen and oxygen atoms in total. The van der Waals surface area contributed by atoms with Crippen molar-refractivity contribution < 1.29 is 19.5 Å².